The molecule has 0 saturated heterocycles. The first-order chi connectivity index (χ1) is 9.99. The number of hydrogen-bond donors (Lipinski definition) is 1. The van der Waals surface area contributed by atoms with Gasteiger partial charge in [-0.05, 0) is 45.6 Å². The quantitative estimate of drug-likeness (QED) is 0.590. The van der Waals surface area contributed by atoms with Gasteiger partial charge in [-0.1, -0.05) is 17.7 Å². The number of hydrogen-bond acceptors (Lipinski definition) is 4. The number of ether oxygens (including phenoxy) is 2. The predicted molar refractivity (Wildman–Crippen MR) is 88.3 cm³/mol. The summed E-state index contributed by atoms with van der Waals surface area (Å²) in [6, 6.07) is 6.39. The van der Waals surface area contributed by atoms with E-state index in [1.807, 2.05) is 12.1 Å². The fourth-order valence-corrected chi connectivity index (χ4v) is 2.15. The van der Waals surface area contributed by atoms with E-state index >= 15 is 0 Å². The van der Waals surface area contributed by atoms with Crippen LogP contribution >= 0.6 is 0 Å². The molecule has 1 unspecified atom stereocenters. The lowest BCUT2D eigenvalue weighted by Crippen LogP contribution is -2.31. The van der Waals surface area contributed by atoms with Crippen molar-refractivity contribution >= 4 is 0 Å². The molecule has 0 fully saturated rings. The largest absolute Gasteiger partial charge is 0.493 e. The van der Waals surface area contributed by atoms with Gasteiger partial charge in [-0.25, -0.2) is 0 Å². The molecule has 0 heterocycles. The first kappa shape index (κ1) is 17.5. The average Bonchev–Trinajstić information content (AvgIpc) is 2.45. The van der Waals surface area contributed by atoms with Crippen molar-refractivity contribution in [3.05, 3.63) is 35.4 Å². The molecule has 0 aromatic heterocycles. The zero-order chi connectivity index (χ0) is 15.8. The van der Waals surface area contributed by atoms with E-state index in [0.717, 1.165) is 24.6 Å². The van der Waals surface area contributed by atoms with Crippen LogP contribution in [0, 0.1) is 0 Å². The summed E-state index contributed by atoms with van der Waals surface area (Å²) in [5.41, 5.74) is 2.54. The van der Waals surface area contributed by atoms with E-state index < -0.39 is 0 Å². The van der Waals surface area contributed by atoms with Crippen LogP contribution in [-0.2, 0) is 0 Å². The number of nitrogens with zero attached hydrogens (tertiary/aromatic N) is 1. The number of likely N-dealkylation sites (N-methyl/N-ethyl adjacent to an activating group) is 1. The molecule has 0 bridgehead atoms. The summed E-state index contributed by atoms with van der Waals surface area (Å²) in [6.07, 6.45) is 2.20. The maximum Gasteiger partial charge on any atom is 0.161 e. The Morgan fingerprint density at radius 2 is 1.86 bits per heavy atom. The molecule has 0 amide bonds. The second-order valence-electron chi connectivity index (χ2n) is 5.53. The first-order valence-electron chi connectivity index (χ1n) is 7.22. The fraction of sp³-hybridized carbons (Fsp3) is 0.529. The lowest BCUT2D eigenvalue weighted by atomic mass is 10.0. The van der Waals surface area contributed by atoms with Gasteiger partial charge >= 0.3 is 0 Å². The SMILES string of the molecule is COc1ccc(C(CNCC=C(C)C)N(C)C)cc1OC. The molecular formula is C17H28N2O2. The molecule has 118 valence electrons. The van der Waals surface area contributed by atoms with Crippen molar-refractivity contribution in [2.75, 3.05) is 41.4 Å². The lowest BCUT2D eigenvalue weighted by molar-refractivity contribution is 0.289. The van der Waals surface area contributed by atoms with E-state index in [4.69, 9.17) is 9.47 Å². The highest BCUT2D eigenvalue weighted by Gasteiger charge is 2.16. The molecule has 0 aliphatic carbocycles. The number of rotatable bonds is 8. The van der Waals surface area contributed by atoms with Crippen LogP contribution in [-0.4, -0.2) is 46.3 Å². The van der Waals surface area contributed by atoms with E-state index in [1.54, 1.807) is 14.2 Å². The van der Waals surface area contributed by atoms with Crippen LogP contribution in [0.25, 0.3) is 0 Å². The Balaban J connectivity index is 2.83. The molecule has 1 aromatic carbocycles. The summed E-state index contributed by atoms with van der Waals surface area (Å²) in [6.45, 7) is 5.99. The summed E-state index contributed by atoms with van der Waals surface area (Å²) in [7, 11) is 7.50. The Labute approximate surface area is 128 Å². The molecule has 4 heteroatoms. The van der Waals surface area contributed by atoms with E-state index in [9.17, 15) is 0 Å². The Morgan fingerprint density at radius 3 is 2.38 bits per heavy atom. The van der Waals surface area contributed by atoms with Crippen molar-refractivity contribution in [1.82, 2.24) is 10.2 Å². The minimum atomic E-state index is 0.287. The summed E-state index contributed by atoms with van der Waals surface area (Å²) < 4.78 is 10.7. The van der Waals surface area contributed by atoms with Gasteiger partial charge < -0.3 is 19.7 Å². The molecule has 1 rings (SSSR count). The van der Waals surface area contributed by atoms with Crippen molar-refractivity contribution < 1.29 is 9.47 Å². The van der Waals surface area contributed by atoms with Crippen LogP contribution in [0.2, 0.25) is 0 Å². The standard InChI is InChI=1S/C17H28N2O2/c1-13(2)9-10-18-12-15(19(3)4)14-7-8-16(20-5)17(11-14)21-6/h7-9,11,15,18H,10,12H2,1-6H3. The minimum Gasteiger partial charge on any atom is -0.493 e. The molecule has 1 N–H and O–H groups in total. The third-order valence-electron chi connectivity index (χ3n) is 3.41. The van der Waals surface area contributed by atoms with Gasteiger partial charge in [0.05, 0.1) is 14.2 Å². The Kier molecular flexibility index (Phi) is 7.26. The zero-order valence-electron chi connectivity index (χ0n) is 14.1. The van der Waals surface area contributed by atoms with Crippen molar-refractivity contribution in [1.29, 1.82) is 0 Å². The molecular weight excluding hydrogens is 264 g/mol. The number of benzene rings is 1. The topological polar surface area (TPSA) is 33.7 Å². The minimum absolute atomic E-state index is 0.287. The number of nitrogens with one attached hydrogen (secondary N) is 1. The smallest absolute Gasteiger partial charge is 0.161 e. The average molecular weight is 292 g/mol. The highest BCUT2D eigenvalue weighted by Crippen LogP contribution is 2.31. The Hall–Kier alpha value is -1.52. The predicted octanol–water partition coefficient (Wildman–Crippen LogP) is 2.86. The van der Waals surface area contributed by atoms with Crippen molar-refractivity contribution in [3.63, 3.8) is 0 Å². The molecule has 0 aliphatic rings. The third kappa shape index (κ3) is 5.40. The van der Waals surface area contributed by atoms with Gasteiger partial charge in [0, 0.05) is 19.1 Å². The molecule has 0 spiro atoms. The van der Waals surface area contributed by atoms with Crippen LogP contribution in [0.4, 0.5) is 0 Å². The second kappa shape index (κ2) is 8.70. The molecule has 0 saturated carbocycles. The van der Waals surface area contributed by atoms with E-state index in [1.165, 1.54) is 11.1 Å². The van der Waals surface area contributed by atoms with E-state index in [0.29, 0.717) is 0 Å². The number of allylic oxidation sites excluding steroid dienone is 1. The highest BCUT2D eigenvalue weighted by atomic mass is 16.5. The summed E-state index contributed by atoms with van der Waals surface area (Å²) >= 11 is 0. The van der Waals surface area contributed by atoms with Gasteiger partial charge in [0.1, 0.15) is 0 Å². The fourth-order valence-electron chi connectivity index (χ4n) is 2.15. The van der Waals surface area contributed by atoms with Gasteiger partial charge in [-0.2, -0.15) is 0 Å². The van der Waals surface area contributed by atoms with Gasteiger partial charge in [0.15, 0.2) is 11.5 Å². The van der Waals surface area contributed by atoms with E-state index in [-0.39, 0.29) is 6.04 Å². The van der Waals surface area contributed by atoms with E-state index in [2.05, 4.69) is 50.3 Å². The molecule has 0 radical (unpaired) electrons. The summed E-state index contributed by atoms with van der Waals surface area (Å²) in [4.78, 5) is 2.21. The zero-order valence-corrected chi connectivity index (χ0v) is 14.1. The molecule has 21 heavy (non-hydrogen) atoms. The van der Waals surface area contributed by atoms with Gasteiger partial charge in [0.25, 0.3) is 0 Å². The maximum atomic E-state index is 5.39. The molecule has 1 aromatic rings. The summed E-state index contributed by atoms with van der Waals surface area (Å²) in [5, 5.41) is 3.47. The molecule has 4 nitrogen and oxygen atoms in total. The maximum absolute atomic E-state index is 5.39. The Bertz CT molecular complexity index is 466. The first-order valence-corrected chi connectivity index (χ1v) is 7.22. The lowest BCUT2D eigenvalue weighted by Gasteiger charge is -2.25. The molecule has 0 aliphatic heterocycles. The molecule has 1 atom stereocenters. The van der Waals surface area contributed by atoms with Crippen LogP contribution < -0.4 is 14.8 Å². The van der Waals surface area contributed by atoms with Gasteiger partial charge in [-0.15, -0.1) is 0 Å². The highest BCUT2D eigenvalue weighted by molar-refractivity contribution is 5.43. The number of methoxy groups -OCH3 is 2. The second-order valence-corrected chi connectivity index (χ2v) is 5.53. The van der Waals surface area contributed by atoms with Crippen LogP contribution in [0.15, 0.2) is 29.8 Å². The van der Waals surface area contributed by atoms with Crippen molar-refractivity contribution in [3.8, 4) is 11.5 Å². The summed E-state index contributed by atoms with van der Waals surface area (Å²) in [5.74, 6) is 1.53. The van der Waals surface area contributed by atoms with Crippen molar-refractivity contribution in [2.24, 2.45) is 0 Å². The van der Waals surface area contributed by atoms with Crippen LogP contribution in [0.5, 0.6) is 11.5 Å². The normalized spacial score (nSPS) is 12.1. The third-order valence-corrected chi connectivity index (χ3v) is 3.41. The van der Waals surface area contributed by atoms with Gasteiger partial charge in [-0.3, -0.25) is 0 Å². The van der Waals surface area contributed by atoms with Crippen LogP contribution in [0.1, 0.15) is 25.5 Å². The van der Waals surface area contributed by atoms with Gasteiger partial charge in [0.2, 0.25) is 0 Å². The van der Waals surface area contributed by atoms with Crippen LogP contribution in [0.3, 0.4) is 0 Å². The Morgan fingerprint density at radius 1 is 1.19 bits per heavy atom. The monoisotopic (exact) mass is 292 g/mol. The van der Waals surface area contributed by atoms with Crippen molar-refractivity contribution in [2.45, 2.75) is 19.9 Å².